The van der Waals surface area contributed by atoms with Gasteiger partial charge >= 0.3 is 5.97 Å². The number of hydrogen-bond acceptors (Lipinski definition) is 6. The van der Waals surface area contributed by atoms with Crippen molar-refractivity contribution in [3.05, 3.63) is 47.5 Å². The highest BCUT2D eigenvalue weighted by molar-refractivity contribution is 6.06. The number of esters is 1. The first-order chi connectivity index (χ1) is 16.2. The Labute approximate surface area is 200 Å². The number of hydrogen-bond donors (Lipinski definition) is 1. The first-order valence-electron chi connectivity index (χ1n) is 11.8. The van der Waals surface area contributed by atoms with E-state index in [-0.39, 0.29) is 36.4 Å². The number of carbonyl (C=O) groups is 3. The summed E-state index contributed by atoms with van der Waals surface area (Å²) < 4.78 is 6.43. The summed E-state index contributed by atoms with van der Waals surface area (Å²) in [5.41, 5.74) is 0.909. The molecule has 2 aliphatic rings. The Bertz CT molecular complexity index is 1070. The molecule has 9 heteroatoms. The molecule has 1 atom stereocenters. The Balaban J connectivity index is 1.69. The summed E-state index contributed by atoms with van der Waals surface area (Å²) in [5, 5.41) is 3.20. The van der Waals surface area contributed by atoms with Crippen LogP contribution >= 0.6 is 0 Å². The molecule has 1 aromatic heterocycles. The molecule has 1 aliphatic carbocycles. The standard InChI is InChI=1S/C25H33N5O4/c1-25(24(33)27-18-8-6-5-7-9-18)15-29-16-26-20(23(32)34-4)21(29)22(31)30(25)14-17-10-12-19(13-11-17)28(2)3/h10-13,16,18H,5-9,14-15H2,1-4H3,(H,27,33)/t25-/m1/s1. The van der Waals surface area contributed by atoms with Gasteiger partial charge < -0.3 is 24.4 Å². The third-order valence-corrected chi connectivity index (χ3v) is 6.96. The second-order valence-electron chi connectivity index (χ2n) is 9.60. The zero-order chi connectivity index (χ0) is 24.5. The lowest BCUT2D eigenvalue weighted by atomic mass is 9.91. The van der Waals surface area contributed by atoms with Gasteiger partial charge in [0.05, 0.1) is 20.0 Å². The Hall–Kier alpha value is -3.36. The van der Waals surface area contributed by atoms with Crippen LogP contribution in [0.1, 0.15) is 65.6 Å². The molecule has 2 aromatic rings. The van der Waals surface area contributed by atoms with Crippen molar-refractivity contribution in [2.45, 2.75) is 63.7 Å². The maximum absolute atomic E-state index is 13.8. The molecule has 1 saturated carbocycles. The van der Waals surface area contributed by atoms with E-state index in [1.807, 2.05) is 43.3 Å². The zero-order valence-corrected chi connectivity index (χ0v) is 20.3. The number of aromatic nitrogens is 2. The summed E-state index contributed by atoms with van der Waals surface area (Å²) in [5.74, 6) is -1.27. The third kappa shape index (κ3) is 4.38. The van der Waals surface area contributed by atoms with Gasteiger partial charge in [-0.25, -0.2) is 9.78 Å². The quantitative estimate of drug-likeness (QED) is 0.656. The molecule has 4 rings (SSSR count). The minimum absolute atomic E-state index is 0.0322. The van der Waals surface area contributed by atoms with Gasteiger partial charge in [-0.15, -0.1) is 0 Å². The number of methoxy groups -OCH3 is 1. The lowest BCUT2D eigenvalue weighted by Gasteiger charge is -2.44. The van der Waals surface area contributed by atoms with Crippen LogP contribution in [0.4, 0.5) is 5.69 Å². The van der Waals surface area contributed by atoms with Crippen LogP contribution < -0.4 is 10.2 Å². The molecule has 1 aromatic carbocycles. The van der Waals surface area contributed by atoms with E-state index in [0.717, 1.165) is 36.9 Å². The maximum Gasteiger partial charge on any atom is 0.359 e. The fourth-order valence-electron chi connectivity index (χ4n) is 4.85. The van der Waals surface area contributed by atoms with Gasteiger partial charge in [0.15, 0.2) is 5.69 Å². The molecule has 0 spiro atoms. The number of amides is 2. The van der Waals surface area contributed by atoms with Crippen molar-refractivity contribution in [1.82, 2.24) is 19.8 Å². The van der Waals surface area contributed by atoms with Gasteiger partial charge in [0, 0.05) is 32.4 Å². The molecule has 2 heterocycles. The highest BCUT2D eigenvalue weighted by Crippen LogP contribution is 2.32. The molecule has 0 bridgehead atoms. The molecule has 34 heavy (non-hydrogen) atoms. The lowest BCUT2D eigenvalue weighted by molar-refractivity contribution is -0.134. The van der Waals surface area contributed by atoms with Crippen LogP contribution in [0.2, 0.25) is 0 Å². The number of ether oxygens (including phenoxy) is 1. The van der Waals surface area contributed by atoms with E-state index < -0.39 is 17.4 Å². The van der Waals surface area contributed by atoms with E-state index in [9.17, 15) is 14.4 Å². The van der Waals surface area contributed by atoms with Gasteiger partial charge in [-0.05, 0) is 37.5 Å². The van der Waals surface area contributed by atoms with Crippen molar-refractivity contribution in [1.29, 1.82) is 0 Å². The van der Waals surface area contributed by atoms with Crippen LogP contribution in [0.3, 0.4) is 0 Å². The summed E-state index contributed by atoms with van der Waals surface area (Å²) in [7, 11) is 5.18. The van der Waals surface area contributed by atoms with Gasteiger partial charge in [-0.2, -0.15) is 0 Å². The van der Waals surface area contributed by atoms with E-state index in [1.54, 1.807) is 16.4 Å². The Morgan fingerprint density at radius 3 is 2.47 bits per heavy atom. The second-order valence-corrected chi connectivity index (χ2v) is 9.60. The highest BCUT2D eigenvalue weighted by atomic mass is 16.5. The van der Waals surface area contributed by atoms with Crippen LogP contribution in [0.25, 0.3) is 0 Å². The van der Waals surface area contributed by atoms with Crippen molar-refractivity contribution in [3.63, 3.8) is 0 Å². The number of carbonyl (C=O) groups excluding carboxylic acids is 3. The SMILES string of the molecule is COC(=O)c1ncn2c1C(=O)N(Cc1ccc(N(C)C)cc1)[C@@](C)(C(=O)NC1CCCCC1)C2. The summed E-state index contributed by atoms with van der Waals surface area (Å²) >= 11 is 0. The maximum atomic E-state index is 13.8. The molecular formula is C25H33N5O4. The smallest absolute Gasteiger partial charge is 0.359 e. The van der Waals surface area contributed by atoms with Gasteiger partial charge in [0.25, 0.3) is 5.91 Å². The monoisotopic (exact) mass is 467 g/mol. The van der Waals surface area contributed by atoms with E-state index in [2.05, 4.69) is 10.3 Å². The minimum atomic E-state index is -1.14. The average molecular weight is 468 g/mol. The zero-order valence-electron chi connectivity index (χ0n) is 20.3. The van der Waals surface area contributed by atoms with E-state index in [1.165, 1.54) is 19.9 Å². The predicted molar refractivity (Wildman–Crippen MR) is 128 cm³/mol. The lowest BCUT2D eigenvalue weighted by Crippen LogP contribution is -2.64. The van der Waals surface area contributed by atoms with Crippen LogP contribution in [0.5, 0.6) is 0 Å². The summed E-state index contributed by atoms with van der Waals surface area (Å²) in [6.45, 7) is 2.22. The molecule has 9 nitrogen and oxygen atoms in total. The fraction of sp³-hybridized carbons (Fsp3) is 0.520. The van der Waals surface area contributed by atoms with Crippen molar-refractivity contribution < 1.29 is 19.1 Å². The molecule has 2 amide bonds. The number of anilines is 1. The first kappa shape index (κ1) is 23.8. The van der Waals surface area contributed by atoms with Gasteiger partial charge in [0.2, 0.25) is 5.91 Å². The molecule has 0 saturated heterocycles. The van der Waals surface area contributed by atoms with Gasteiger partial charge in [-0.1, -0.05) is 31.4 Å². The molecule has 182 valence electrons. The van der Waals surface area contributed by atoms with Crippen molar-refractivity contribution in [2.24, 2.45) is 0 Å². The fourth-order valence-corrected chi connectivity index (χ4v) is 4.85. The van der Waals surface area contributed by atoms with Crippen LogP contribution in [-0.2, 0) is 22.6 Å². The molecular weight excluding hydrogens is 434 g/mol. The Morgan fingerprint density at radius 1 is 1.18 bits per heavy atom. The predicted octanol–water partition coefficient (Wildman–Crippen LogP) is 2.60. The minimum Gasteiger partial charge on any atom is -0.464 e. The number of imidazole rings is 1. The van der Waals surface area contributed by atoms with Crippen LogP contribution in [0.15, 0.2) is 30.6 Å². The molecule has 1 aliphatic heterocycles. The summed E-state index contributed by atoms with van der Waals surface area (Å²) in [6, 6.07) is 7.98. The van der Waals surface area contributed by atoms with Gasteiger partial charge in [0.1, 0.15) is 11.2 Å². The van der Waals surface area contributed by atoms with Crippen LogP contribution in [-0.4, -0.2) is 65.0 Å². The van der Waals surface area contributed by atoms with Crippen molar-refractivity contribution in [2.75, 3.05) is 26.1 Å². The first-order valence-corrected chi connectivity index (χ1v) is 11.8. The average Bonchev–Trinajstić information content (AvgIpc) is 3.25. The molecule has 1 fully saturated rings. The van der Waals surface area contributed by atoms with E-state index in [4.69, 9.17) is 4.74 Å². The largest absolute Gasteiger partial charge is 0.464 e. The van der Waals surface area contributed by atoms with Crippen LogP contribution in [0, 0.1) is 0 Å². The normalized spacial score (nSPS) is 20.6. The second kappa shape index (κ2) is 9.48. The van der Waals surface area contributed by atoms with Gasteiger partial charge in [-0.3, -0.25) is 9.59 Å². The van der Waals surface area contributed by atoms with E-state index >= 15 is 0 Å². The topological polar surface area (TPSA) is 96.8 Å². The molecule has 0 unspecified atom stereocenters. The number of rotatable bonds is 6. The van der Waals surface area contributed by atoms with Crippen molar-refractivity contribution >= 4 is 23.5 Å². The number of nitrogens with zero attached hydrogens (tertiary/aromatic N) is 4. The third-order valence-electron chi connectivity index (χ3n) is 6.96. The number of nitrogens with one attached hydrogen (secondary N) is 1. The molecule has 1 N–H and O–H groups in total. The summed E-state index contributed by atoms with van der Waals surface area (Å²) in [4.78, 5) is 47.4. The number of fused-ring (bicyclic) bond motifs is 1. The Morgan fingerprint density at radius 2 is 1.85 bits per heavy atom. The Kier molecular flexibility index (Phi) is 6.63. The van der Waals surface area contributed by atoms with E-state index in [0.29, 0.717) is 0 Å². The number of benzene rings is 1. The molecule has 0 radical (unpaired) electrons. The summed E-state index contributed by atoms with van der Waals surface area (Å²) in [6.07, 6.45) is 6.71. The van der Waals surface area contributed by atoms with Crippen molar-refractivity contribution in [3.8, 4) is 0 Å². The highest BCUT2D eigenvalue weighted by Gasteiger charge is 2.49.